The summed E-state index contributed by atoms with van der Waals surface area (Å²) < 4.78 is 11.2. The maximum Gasteiger partial charge on any atom is 0.325 e. The quantitative estimate of drug-likeness (QED) is 0.324. The van der Waals surface area contributed by atoms with Crippen LogP contribution in [0.3, 0.4) is 0 Å². The molecule has 3 atom stereocenters. The Kier molecular flexibility index (Phi) is 5.66. The molecule has 1 saturated heterocycles. The molecule has 0 spiro atoms. The first-order valence-corrected chi connectivity index (χ1v) is 7.67. The lowest BCUT2D eigenvalue weighted by molar-refractivity contribution is -0.161. The van der Waals surface area contributed by atoms with E-state index in [9.17, 15) is 14.7 Å². The summed E-state index contributed by atoms with van der Waals surface area (Å²) in [5.41, 5.74) is 7.61. The highest BCUT2D eigenvalue weighted by Crippen LogP contribution is 2.34. The smallest absolute Gasteiger partial charge is 0.325 e. The zero-order chi connectivity index (χ0) is 17.7. The largest absolute Gasteiger partial charge is 0.462 e. The Bertz CT molecular complexity index is 574. The molecule has 0 aromatic rings. The highest BCUT2D eigenvalue weighted by Gasteiger charge is 2.44. The van der Waals surface area contributed by atoms with Crippen LogP contribution in [0.1, 0.15) is 26.7 Å². The fourth-order valence-corrected chi connectivity index (χ4v) is 2.50. The van der Waals surface area contributed by atoms with E-state index in [-0.39, 0.29) is 25.0 Å². The number of aliphatic hydroxyl groups is 1. The lowest BCUT2D eigenvalue weighted by Gasteiger charge is -2.33. The second-order valence-corrected chi connectivity index (χ2v) is 6.09. The molecule has 0 aliphatic carbocycles. The van der Waals surface area contributed by atoms with Crippen molar-refractivity contribution in [2.45, 2.75) is 44.7 Å². The number of hydrogen-bond acceptors (Lipinski definition) is 6. The van der Waals surface area contributed by atoms with E-state index in [4.69, 9.17) is 15.0 Å². The fourth-order valence-electron chi connectivity index (χ4n) is 2.50. The lowest BCUT2D eigenvalue weighted by Crippen LogP contribution is -2.50. The Morgan fingerprint density at radius 2 is 2.46 bits per heavy atom. The van der Waals surface area contributed by atoms with Gasteiger partial charge in [-0.2, -0.15) is 0 Å². The number of aliphatic hydroxyl groups excluding tert-OH is 1. The summed E-state index contributed by atoms with van der Waals surface area (Å²) in [6.45, 7) is 3.37. The number of esters is 1. The van der Waals surface area contributed by atoms with Crippen LogP contribution >= 0.6 is 0 Å². The molecule has 10 heteroatoms. The second kappa shape index (κ2) is 7.52. The van der Waals surface area contributed by atoms with Gasteiger partial charge < -0.3 is 19.9 Å². The lowest BCUT2D eigenvalue weighted by atomic mass is 10.0. The van der Waals surface area contributed by atoms with E-state index in [2.05, 4.69) is 15.3 Å². The van der Waals surface area contributed by atoms with Crippen LogP contribution in [0.2, 0.25) is 0 Å². The van der Waals surface area contributed by atoms with Crippen LogP contribution in [0.4, 0.5) is 4.79 Å². The van der Waals surface area contributed by atoms with Gasteiger partial charge in [-0.05, 0) is 24.4 Å². The van der Waals surface area contributed by atoms with Gasteiger partial charge in [-0.3, -0.25) is 9.69 Å². The fraction of sp³-hybridized carbons (Fsp3) is 0.714. The van der Waals surface area contributed by atoms with Gasteiger partial charge >= 0.3 is 12.0 Å². The first-order valence-electron chi connectivity index (χ1n) is 7.67. The van der Waals surface area contributed by atoms with Crippen molar-refractivity contribution in [3.63, 3.8) is 0 Å². The molecule has 2 aliphatic heterocycles. The summed E-state index contributed by atoms with van der Waals surface area (Å²) in [5.74, 6) is -0.655. The number of carbonyl (C=O) groups excluding carboxylic acids is 2. The van der Waals surface area contributed by atoms with Gasteiger partial charge in [0.1, 0.15) is 24.7 Å². The highest BCUT2D eigenvalue weighted by molar-refractivity contribution is 5.77. The normalized spacial score (nSPS) is 29.3. The third kappa shape index (κ3) is 4.16. The van der Waals surface area contributed by atoms with Gasteiger partial charge in [0, 0.05) is 11.1 Å². The van der Waals surface area contributed by atoms with E-state index in [1.165, 1.54) is 17.2 Å². The Balaban J connectivity index is 2.07. The van der Waals surface area contributed by atoms with Crippen molar-refractivity contribution in [1.29, 1.82) is 0 Å². The maximum absolute atomic E-state index is 11.9. The molecule has 2 amide bonds. The number of nitrogens with zero attached hydrogens (tertiary/aromatic N) is 4. The van der Waals surface area contributed by atoms with Gasteiger partial charge in [0.25, 0.3) is 0 Å². The van der Waals surface area contributed by atoms with Crippen LogP contribution in [-0.4, -0.2) is 53.2 Å². The number of ether oxygens (including phenoxy) is 2. The molecule has 1 fully saturated rings. The molecular weight excluding hydrogens is 318 g/mol. The SMILES string of the molecule is CC(C)C(=O)OC[C@]1(CN=[N+]=[N-])CC[C@H](N2C=CC(O)NC2=O)O1. The predicted molar refractivity (Wildman–Crippen MR) is 82.2 cm³/mol. The summed E-state index contributed by atoms with van der Waals surface area (Å²) in [4.78, 5) is 27.7. The molecular formula is C14H21N5O5. The molecule has 132 valence electrons. The Labute approximate surface area is 139 Å². The standard InChI is InChI=1S/C14H21N5O5/c1-9(2)12(21)23-8-14(7-16-18-15)5-3-11(24-14)19-6-4-10(20)17-13(19)22/h4,6,9-11,20H,3,5,7-8H2,1-2H3,(H,17,22)/t10?,11-,14-/m1/s1. The predicted octanol–water partition coefficient (Wildman–Crippen LogP) is 1.23. The number of azide groups is 1. The summed E-state index contributed by atoms with van der Waals surface area (Å²) in [6, 6.07) is -0.492. The van der Waals surface area contributed by atoms with E-state index < -0.39 is 24.1 Å². The van der Waals surface area contributed by atoms with E-state index in [0.29, 0.717) is 12.8 Å². The van der Waals surface area contributed by atoms with Crippen molar-refractivity contribution in [1.82, 2.24) is 10.2 Å². The van der Waals surface area contributed by atoms with Crippen molar-refractivity contribution in [3.05, 3.63) is 22.7 Å². The third-order valence-corrected chi connectivity index (χ3v) is 3.85. The van der Waals surface area contributed by atoms with Crippen LogP contribution in [0.15, 0.2) is 17.4 Å². The van der Waals surface area contributed by atoms with Crippen LogP contribution in [0, 0.1) is 5.92 Å². The van der Waals surface area contributed by atoms with Gasteiger partial charge in [0.05, 0.1) is 12.5 Å². The molecule has 0 aromatic carbocycles. The first-order chi connectivity index (χ1) is 11.4. The summed E-state index contributed by atoms with van der Waals surface area (Å²) in [6.07, 6.45) is 2.17. The molecule has 24 heavy (non-hydrogen) atoms. The molecule has 2 aliphatic rings. The number of nitrogens with one attached hydrogen (secondary N) is 1. The number of carbonyl (C=O) groups is 2. The van der Waals surface area contributed by atoms with Crippen LogP contribution in [-0.2, 0) is 14.3 Å². The Hall–Kier alpha value is -2.29. The molecule has 0 bridgehead atoms. The van der Waals surface area contributed by atoms with Gasteiger partial charge in [0.15, 0.2) is 0 Å². The van der Waals surface area contributed by atoms with E-state index in [1.54, 1.807) is 13.8 Å². The average molecular weight is 339 g/mol. The summed E-state index contributed by atoms with van der Waals surface area (Å²) in [5, 5.41) is 15.3. The zero-order valence-corrected chi connectivity index (χ0v) is 13.6. The van der Waals surface area contributed by atoms with Gasteiger partial charge in [-0.15, -0.1) is 0 Å². The second-order valence-electron chi connectivity index (χ2n) is 6.09. The summed E-state index contributed by atoms with van der Waals surface area (Å²) in [7, 11) is 0. The molecule has 2 rings (SSSR count). The Morgan fingerprint density at radius 1 is 1.71 bits per heavy atom. The Morgan fingerprint density at radius 3 is 3.08 bits per heavy atom. The number of rotatable bonds is 6. The van der Waals surface area contributed by atoms with Crippen molar-refractivity contribution in [2.75, 3.05) is 13.2 Å². The molecule has 0 saturated carbocycles. The van der Waals surface area contributed by atoms with Crippen LogP contribution in [0.25, 0.3) is 10.4 Å². The minimum atomic E-state index is -1.03. The molecule has 1 unspecified atom stereocenters. The van der Waals surface area contributed by atoms with Gasteiger partial charge in [-0.25, -0.2) is 4.79 Å². The molecule has 2 heterocycles. The third-order valence-electron chi connectivity index (χ3n) is 3.85. The topological polar surface area (TPSA) is 137 Å². The van der Waals surface area contributed by atoms with Crippen LogP contribution in [0.5, 0.6) is 0 Å². The summed E-state index contributed by atoms with van der Waals surface area (Å²) >= 11 is 0. The maximum atomic E-state index is 11.9. The van der Waals surface area contributed by atoms with E-state index in [1.807, 2.05) is 0 Å². The molecule has 10 nitrogen and oxygen atoms in total. The van der Waals surface area contributed by atoms with Crippen molar-refractivity contribution in [2.24, 2.45) is 11.0 Å². The first kappa shape index (κ1) is 18.1. The molecule has 0 aromatic heterocycles. The van der Waals surface area contributed by atoms with Crippen molar-refractivity contribution < 1.29 is 24.2 Å². The van der Waals surface area contributed by atoms with Gasteiger partial charge in [-0.1, -0.05) is 19.0 Å². The van der Waals surface area contributed by atoms with Gasteiger partial charge in [0.2, 0.25) is 0 Å². The van der Waals surface area contributed by atoms with Crippen molar-refractivity contribution in [3.8, 4) is 0 Å². The van der Waals surface area contributed by atoms with E-state index >= 15 is 0 Å². The number of urea groups is 1. The average Bonchev–Trinajstić information content (AvgIpc) is 2.95. The van der Waals surface area contributed by atoms with Crippen LogP contribution < -0.4 is 5.32 Å². The molecule has 0 radical (unpaired) electrons. The van der Waals surface area contributed by atoms with Crippen molar-refractivity contribution >= 4 is 12.0 Å². The monoisotopic (exact) mass is 339 g/mol. The van der Waals surface area contributed by atoms with E-state index in [0.717, 1.165) is 0 Å². The zero-order valence-electron chi connectivity index (χ0n) is 13.6. The molecule has 2 N–H and O–H groups in total. The number of hydrogen-bond donors (Lipinski definition) is 2. The minimum Gasteiger partial charge on any atom is -0.462 e. The minimum absolute atomic E-state index is 0.00677. The highest BCUT2D eigenvalue weighted by atomic mass is 16.6. The number of amides is 2.